The number of nitrogens with one attached hydrogen (secondary N) is 2. The molecule has 3 amide bonds. The summed E-state index contributed by atoms with van der Waals surface area (Å²) >= 11 is 0. The van der Waals surface area contributed by atoms with Crippen LogP contribution in [0.3, 0.4) is 0 Å². The number of urea groups is 1. The minimum Gasteiger partial charge on any atom is -0.325 e. The van der Waals surface area contributed by atoms with Gasteiger partial charge in [0, 0.05) is 31.0 Å². The number of benzene rings is 2. The van der Waals surface area contributed by atoms with Crippen LogP contribution in [-0.4, -0.2) is 50.9 Å². The Balaban J connectivity index is 1.45. The maximum atomic E-state index is 13.3. The topological polar surface area (TPSA) is 98.8 Å². The molecule has 2 aromatic rings. The molecule has 2 aliphatic rings. The standard InChI is InChI=1S/C22H25FN4O4S/c1-15(21(28)24-18-6-4-5-17(23)14-18)25-32(30,31)19-7-8-20-16(13-19)9-12-27(20)22(29)26-10-2-3-11-26/h4-8,13-15,25H,2-3,9-12H2,1H3,(H,24,28)/t15-/m1/s1. The van der Waals surface area contributed by atoms with Crippen LogP contribution in [0.1, 0.15) is 25.3 Å². The number of anilines is 2. The molecule has 0 aromatic heterocycles. The summed E-state index contributed by atoms with van der Waals surface area (Å²) in [5.41, 5.74) is 1.73. The second kappa shape index (κ2) is 8.87. The van der Waals surface area contributed by atoms with Crippen LogP contribution in [0.5, 0.6) is 0 Å². The number of amides is 3. The highest BCUT2D eigenvalue weighted by Crippen LogP contribution is 2.31. The highest BCUT2D eigenvalue weighted by Gasteiger charge is 2.31. The molecule has 0 unspecified atom stereocenters. The van der Waals surface area contributed by atoms with Gasteiger partial charge >= 0.3 is 6.03 Å². The average Bonchev–Trinajstić information content (AvgIpc) is 3.42. The van der Waals surface area contributed by atoms with Crippen LogP contribution in [-0.2, 0) is 21.2 Å². The molecule has 0 bridgehead atoms. The van der Waals surface area contributed by atoms with E-state index in [0.29, 0.717) is 13.0 Å². The Morgan fingerprint density at radius 3 is 2.53 bits per heavy atom. The van der Waals surface area contributed by atoms with Gasteiger partial charge in [0.2, 0.25) is 15.9 Å². The van der Waals surface area contributed by atoms with E-state index in [2.05, 4.69) is 10.0 Å². The molecular weight excluding hydrogens is 435 g/mol. The molecule has 32 heavy (non-hydrogen) atoms. The van der Waals surface area contributed by atoms with E-state index in [0.717, 1.165) is 43.2 Å². The first kappa shape index (κ1) is 22.2. The van der Waals surface area contributed by atoms with Crippen molar-refractivity contribution < 1.29 is 22.4 Å². The third kappa shape index (κ3) is 4.61. The summed E-state index contributed by atoms with van der Waals surface area (Å²) in [6.07, 6.45) is 2.56. The van der Waals surface area contributed by atoms with Crippen molar-refractivity contribution in [2.45, 2.75) is 37.1 Å². The second-order valence-electron chi connectivity index (χ2n) is 8.01. The van der Waals surface area contributed by atoms with Crippen molar-refractivity contribution in [1.29, 1.82) is 0 Å². The number of fused-ring (bicyclic) bond motifs is 1. The van der Waals surface area contributed by atoms with Gasteiger partial charge in [0.1, 0.15) is 5.82 Å². The lowest BCUT2D eigenvalue weighted by Gasteiger charge is -2.24. The van der Waals surface area contributed by atoms with Gasteiger partial charge in [-0.2, -0.15) is 4.72 Å². The molecule has 8 nitrogen and oxygen atoms in total. The van der Waals surface area contributed by atoms with E-state index in [1.54, 1.807) is 17.0 Å². The number of rotatable bonds is 5. The van der Waals surface area contributed by atoms with Crippen molar-refractivity contribution in [2.24, 2.45) is 0 Å². The normalized spacial score (nSPS) is 16.7. The maximum Gasteiger partial charge on any atom is 0.324 e. The Labute approximate surface area is 186 Å². The second-order valence-corrected chi connectivity index (χ2v) is 9.73. The number of carbonyl (C=O) groups excluding carboxylic acids is 2. The molecule has 0 spiro atoms. The van der Waals surface area contributed by atoms with E-state index in [-0.39, 0.29) is 16.6 Å². The lowest BCUT2D eigenvalue weighted by Crippen LogP contribution is -2.41. The van der Waals surface area contributed by atoms with Crippen LogP contribution in [0.25, 0.3) is 0 Å². The van der Waals surface area contributed by atoms with Gasteiger partial charge in [-0.15, -0.1) is 0 Å². The highest BCUT2D eigenvalue weighted by atomic mass is 32.2. The first-order valence-electron chi connectivity index (χ1n) is 10.5. The van der Waals surface area contributed by atoms with Crippen molar-refractivity contribution in [3.05, 3.63) is 53.8 Å². The van der Waals surface area contributed by atoms with Gasteiger partial charge in [-0.3, -0.25) is 9.69 Å². The Morgan fingerprint density at radius 2 is 1.81 bits per heavy atom. The summed E-state index contributed by atoms with van der Waals surface area (Å²) in [7, 11) is -3.98. The number of halogens is 1. The number of sulfonamides is 1. The van der Waals surface area contributed by atoms with Crippen LogP contribution in [0, 0.1) is 5.82 Å². The fraction of sp³-hybridized carbons (Fsp3) is 0.364. The third-order valence-electron chi connectivity index (χ3n) is 5.68. The molecular formula is C22H25FN4O4S. The SMILES string of the molecule is C[C@@H](NS(=O)(=O)c1ccc2c(c1)CCN2C(=O)N1CCCC1)C(=O)Nc1cccc(F)c1. The minimum atomic E-state index is -3.98. The van der Waals surface area contributed by atoms with E-state index in [4.69, 9.17) is 0 Å². The number of likely N-dealkylation sites (tertiary alicyclic amines) is 1. The number of nitrogens with zero attached hydrogens (tertiary/aromatic N) is 2. The van der Waals surface area contributed by atoms with Gasteiger partial charge < -0.3 is 10.2 Å². The van der Waals surface area contributed by atoms with Crippen molar-refractivity contribution in [3.8, 4) is 0 Å². The zero-order valence-electron chi connectivity index (χ0n) is 17.7. The van der Waals surface area contributed by atoms with Crippen molar-refractivity contribution in [3.63, 3.8) is 0 Å². The van der Waals surface area contributed by atoms with Crippen molar-refractivity contribution >= 4 is 33.3 Å². The minimum absolute atomic E-state index is 0.0251. The van der Waals surface area contributed by atoms with Gasteiger partial charge in [0.25, 0.3) is 0 Å². The van der Waals surface area contributed by atoms with Gasteiger partial charge in [0.15, 0.2) is 0 Å². The molecule has 0 radical (unpaired) electrons. The summed E-state index contributed by atoms with van der Waals surface area (Å²) in [5, 5.41) is 2.49. The summed E-state index contributed by atoms with van der Waals surface area (Å²) in [6, 6.07) is 8.86. The molecule has 170 valence electrons. The predicted molar refractivity (Wildman–Crippen MR) is 119 cm³/mol. The van der Waals surface area contributed by atoms with Crippen LogP contribution in [0.15, 0.2) is 47.4 Å². The van der Waals surface area contributed by atoms with Crippen LogP contribution in [0.2, 0.25) is 0 Å². The molecule has 1 atom stereocenters. The molecule has 2 aromatic carbocycles. The van der Waals surface area contributed by atoms with Crippen molar-refractivity contribution in [1.82, 2.24) is 9.62 Å². The molecule has 0 saturated carbocycles. The molecule has 1 fully saturated rings. The Morgan fingerprint density at radius 1 is 1.06 bits per heavy atom. The number of hydrogen-bond acceptors (Lipinski definition) is 4. The van der Waals surface area contributed by atoms with E-state index in [9.17, 15) is 22.4 Å². The quantitative estimate of drug-likeness (QED) is 0.717. The fourth-order valence-electron chi connectivity index (χ4n) is 3.99. The van der Waals surface area contributed by atoms with Gasteiger partial charge in [0.05, 0.1) is 10.9 Å². The zero-order valence-corrected chi connectivity index (χ0v) is 18.5. The molecule has 2 N–H and O–H groups in total. The first-order valence-corrected chi connectivity index (χ1v) is 12.0. The fourth-order valence-corrected chi connectivity index (χ4v) is 5.25. The number of hydrogen-bond donors (Lipinski definition) is 2. The maximum absolute atomic E-state index is 13.3. The lowest BCUT2D eigenvalue weighted by molar-refractivity contribution is -0.117. The predicted octanol–water partition coefficient (Wildman–Crippen LogP) is 2.71. The highest BCUT2D eigenvalue weighted by molar-refractivity contribution is 7.89. The smallest absolute Gasteiger partial charge is 0.324 e. The van der Waals surface area contributed by atoms with Gasteiger partial charge in [-0.25, -0.2) is 17.6 Å². The molecule has 2 aliphatic heterocycles. The first-order chi connectivity index (χ1) is 15.2. The average molecular weight is 461 g/mol. The Hall–Kier alpha value is -2.98. The lowest BCUT2D eigenvalue weighted by atomic mass is 10.2. The van der Waals surface area contributed by atoms with Gasteiger partial charge in [-0.1, -0.05) is 6.07 Å². The Bertz CT molecular complexity index is 1150. The van der Waals surface area contributed by atoms with Crippen LogP contribution >= 0.6 is 0 Å². The van der Waals surface area contributed by atoms with E-state index in [1.807, 2.05) is 4.90 Å². The molecule has 1 saturated heterocycles. The third-order valence-corrected chi connectivity index (χ3v) is 7.22. The molecule has 4 rings (SSSR count). The molecule has 10 heteroatoms. The Kier molecular flexibility index (Phi) is 6.16. The molecule has 2 heterocycles. The summed E-state index contributed by atoms with van der Waals surface area (Å²) in [5.74, 6) is -1.12. The van der Waals surface area contributed by atoms with Crippen LogP contribution < -0.4 is 14.9 Å². The summed E-state index contributed by atoms with van der Waals surface area (Å²) in [6.45, 7) is 3.41. The largest absolute Gasteiger partial charge is 0.325 e. The summed E-state index contributed by atoms with van der Waals surface area (Å²) < 4.78 is 41.3. The van der Waals surface area contributed by atoms with Crippen molar-refractivity contribution in [2.75, 3.05) is 29.9 Å². The van der Waals surface area contributed by atoms with Gasteiger partial charge in [-0.05, 0) is 68.1 Å². The van der Waals surface area contributed by atoms with Crippen LogP contribution in [0.4, 0.5) is 20.6 Å². The van der Waals surface area contributed by atoms with E-state index in [1.165, 1.54) is 31.2 Å². The zero-order chi connectivity index (χ0) is 22.9. The monoisotopic (exact) mass is 460 g/mol. The van der Waals surface area contributed by atoms with E-state index < -0.39 is 27.8 Å². The molecule has 0 aliphatic carbocycles. The number of carbonyl (C=O) groups is 2. The summed E-state index contributed by atoms with van der Waals surface area (Å²) in [4.78, 5) is 28.6. The van der Waals surface area contributed by atoms with E-state index >= 15 is 0 Å².